The van der Waals surface area contributed by atoms with Gasteiger partial charge in [-0.25, -0.2) is 8.42 Å². The quantitative estimate of drug-likeness (QED) is 0.681. The fourth-order valence-corrected chi connectivity index (χ4v) is 3.00. The third-order valence-electron chi connectivity index (χ3n) is 2.25. The molecule has 0 radical (unpaired) electrons. The van der Waals surface area contributed by atoms with E-state index in [-0.39, 0.29) is 15.7 Å². The molecule has 0 unspecified atom stereocenters. The molecule has 2 aromatic carbocycles. The summed E-state index contributed by atoms with van der Waals surface area (Å²) in [5.41, 5.74) is 0. The van der Waals surface area contributed by atoms with Crippen LogP contribution in [-0.2, 0) is 9.05 Å². The highest BCUT2D eigenvalue weighted by atomic mass is 35.7. The van der Waals surface area contributed by atoms with E-state index in [9.17, 15) is 8.42 Å². The Balaban J connectivity index is 2.35. The zero-order valence-corrected chi connectivity index (χ0v) is 13.4. The van der Waals surface area contributed by atoms with E-state index in [1.807, 2.05) is 0 Å². The summed E-state index contributed by atoms with van der Waals surface area (Å²) in [7, 11) is 1.38. The predicted octanol–water partition coefficient (Wildman–Crippen LogP) is 5.37. The van der Waals surface area contributed by atoms with E-state index in [2.05, 4.69) is 0 Å². The Morgan fingerprint density at radius 2 is 1.50 bits per heavy atom. The van der Waals surface area contributed by atoms with E-state index >= 15 is 0 Å². The lowest BCUT2D eigenvalue weighted by Gasteiger charge is -2.09. The largest absolute Gasteiger partial charge is 0.456 e. The fraction of sp³-hybridized carbons (Fsp3) is 0. The maximum Gasteiger partial charge on any atom is 0.261 e. The van der Waals surface area contributed by atoms with Crippen LogP contribution in [0.2, 0.25) is 15.1 Å². The Bertz CT molecular complexity index is 739. The number of benzene rings is 2. The third kappa shape index (κ3) is 3.93. The van der Waals surface area contributed by atoms with Gasteiger partial charge in [0.05, 0.1) is 9.92 Å². The molecule has 3 nitrogen and oxygen atoms in total. The minimum atomic E-state index is -3.84. The molecule has 0 saturated carbocycles. The van der Waals surface area contributed by atoms with Crippen molar-refractivity contribution in [1.29, 1.82) is 0 Å². The Hall–Kier alpha value is -0.650. The number of rotatable bonds is 3. The van der Waals surface area contributed by atoms with E-state index in [0.717, 1.165) is 0 Å². The second-order valence-electron chi connectivity index (χ2n) is 3.74. The minimum Gasteiger partial charge on any atom is -0.456 e. The minimum absolute atomic E-state index is 0.0998. The highest BCUT2D eigenvalue weighted by Gasteiger charge is 2.13. The molecule has 106 valence electrons. The van der Waals surface area contributed by atoms with Crippen molar-refractivity contribution >= 4 is 54.5 Å². The Morgan fingerprint density at radius 1 is 0.900 bits per heavy atom. The number of hydrogen-bond donors (Lipinski definition) is 0. The summed E-state index contributed by atoms with van der Waals surface area (Å²) < 4.78 is 27.8. The topological polar surface area (TPSA) is 43.4 Å². The monoisotopic (exact) mass is 370 g/mol. The average Bonchev–Trinajstić information content (AvgIpc) is 2.29. The Kier molecular flexibility index (Phi) is 4.72. The molecule has 0 atom stereocenters. The van der Waals surface area contributed by atoms with Gasteiger partial charge in [-0.05, 0) is 36.4 Å². The average molecular weight is 372 g/mol. The molecule has 0 spiro atoms. The lowest BCUT2D eigenvalue weighted by atomic mass is 10.3. The summed E-state index contributed by atoms with van der Waals surface area (Å²) in [6.07, 6.45) is 0. The van der Waals surface area contributed by atoms with Gasteiger partial charge in [0.25, 0.3) is 9.05 Å². The molecule has 0 amide bonds. The van der Waals surface area contributed by atoms with E-state index in [1.165, 1.54) is 18.2 Å². The fourth-order valence-electron chi connectivity index (χ4n) is 1.43. The van der Waals surface area contributed by atoms with E-state index in [0.29, 0.717) is 15.8 Å². The van der Waals surface area contributed by atoms with Crippen molar-refractivity contribution in [3.8, 4) is 11.5 Å². The summed E-state index contributed by atoms with van der Waals surface area (Å²) in [6, 6.07) is 8.54. The van der Waals surface area contributed by atoms with E-state index < -0.39 is 9.05 Å². The molecule has 0 saturated heterocycles. The van der Waals surface area contributed by atoms with Crippen molar-refractivity contribution < 1.29 is 13.2 Å². The van der Waals surface area contributed by atoms with Crippen molar-refractivity contribution in [3.63, 3.8) is 0 Å². The summed E-state index contributed by atoms with van der Waals surface area (Å²) >= 11 is 17.6. The van der Waals surface area contributed by atoms with Crippen molar-refractivity contribution in [2.45, 2.75) is 4.90 Å². The smallest absolute Gasteiger partial charge is 0.261 e. The van der Waals surface area contributed by atoms with Crippen LogP contribution in [0.1, 0.15) is 0 Å². The first-order valence-corrected chi connectivity index (χ1v) is 8.58. The van der Waals surface area contributed by atoms with E-state index in [1.54, 1.807) is 18.2 Å². The van der Waals surface area contributed by atoms with Crippen LogP contribution in [0.3, 0.4) is 0 Å². The molecule has 8 heteroatoms. The molecule has 0 aliphatic heterocycles. The molecular formula is C12H6Cl4O3S. The molecule has 0 aliphatic carbocycles. The van der Waals surface area contributed by atoms with Crippen molar-refractivity contribution in [3.05, 3.63) is 51.5 Å². The summed E-state index contributed by atoms with van der Waals surface area (Å²) in [5, 5.41) is 0.912. The lowest BCUT2D eigenvalue weighted by Crippen LogP contribution is -1.92. The maximum atomic E-state index is 11.2. The molecule has 0 heterocycles. The summed E-state index contributed by atoms with van der Waals surface area (Å²) in [5.74, 6) is 0.639. The van der Waals surface area contributed by atoms with Crippen molar-refractivity contribution in [2.75, 3.05) is 0 Å². The SMILES string of the molecule is O=S(=O)(Cl)c1ccc(Oc2cc(Cl)cc(Cl)c2)c(Cl)c1. The van der Waals surface area contributed by atoms with Gasteiger partial charge < -0.3 is 4.74 Å². The highest BCUT2D eigenvalue weighted by molar-refractivity contribution is 8.13. The van der Waals surface area contributed by atoms with Gasteiger partial charge in [-0.2, -0.15) is 0 Å². The predicted molar refractivity (Wildman–Crippen MR) is 81.0 cm³/mol. The van der Waals surface area contributed by atoms with Crippen molar-refractivity contribution in [2.24, 2.45) is 0 Å². The van der Waals surface area contributed by atoms with Crippen LogP contribution >= 0.6 is 45.5 Å². The molecule has 0 aromatic heterocycles. The Labute approximate surface area is 135 Å². The summed E-state index contributed by atoms with van der Waals surface area (Å²) in [6.45, 7) is 0. The van der Waals surface area contributed by atoms with Gasteiger partial charge in [0.2, 0.25) is 0 Å². The molecule has 0 aliphatic rings. The van der Waals surface area contributed by atoms with Gasteiger partial charge in [0.15, 0.2) is 0 Å². The number of ether oxygens (including phenoxy) is 1. The van der Waals surface area contributed by atoms with Gasteiger partial charge in [0, 0.05) is 20.7 Å². The van der Waals surface area contributed by atoms with Crippen LogP contribution in [0.25, 0.3) is 0 Å². The van der Waals surface area contributed by atoms with Crippen molar-refractivity contribution in [1.82, 2.24) is 0 Å². The van der Waals surface area contributed by atoms with Gasteiger partial charge in [-0.15, -0.1) is 0 Å². The van der Waals surface area contributed by atoms with Crippen LogP contribution in [-0.4, -0.2) is 8.42 Å². The third-order valence-corrected chi connectivity index (χ3v) is 4.33. The van der Waals surface area contributed by atoms with Crippen LogP contribution in [0.4, 0.5) is 0 Å². The zero-order valence-electron chi connectivity index (χ0n) is 9.61. The molecule has 2 aromatic rings. The zero-order chi connectivity index (χ0) is 14.9. The number of hydrogen-bond acceptors (Lipinski definition) is 3. The first-order chi connectivity index (χ1) is 9.25. The second-order valence-corrected chi connectivity index (χ2v) is 7.58. The van der Waals surface area contributed by atoms with Crippen LogP contribution in [0.15, 0.2) is 41.3 Å². The van der Waals surface area contributed by atoms with Gasteiger partial charge in [0.1, 0.15) is 11.5 Å². The molecule has 0 bridgehead atoms. The first-order valence-electron chi connectivity index (χ1n) is 5.14. The van der Waals surface area contributed by atoms with Gasteiger partial charge in [-0.3, -0.25) is 0 Å². The first kappa shape index (κ1) is 15.7. The molecule has 20 heavy (non-hydrogen) atoms. The molecule has 0 fully saturated rings. The Morgan fingerprint density at radius 3 is 2.00 bits per heavy atom. The molecule has 2 rings (SSSR count). The van der Waals surface area contributed by atoms with Crippen LogP contribution in [0, 0.1) is 0 Å². The normalized spacial score (nSPS) is 11.4. The lowest BCUT2D eigenvalue weighted by molar-refractivity contribution is 0.482. The molecular weight excluding hydrogens is 366 g/mol. The van der Waals surface area contributed by atoms with Crippen LogP contribution < -0.4 is 4.74 Å². The summed E-state index contributed by atoms with van der Waals surface area (Å²) in [4.78, 5) is -0.111. The second kappa shape index (κ2) is 6.00. The standard InChI is InChI=1S/C12H6Cl4O3S/c13-7-3-8(14)5-9(4-7)19-12-2-1-10(6-11(12)15)20(16,17)18/h1-6H. The molecule has 0 N–H and O–H groups in total. The number of halogens is 4. The van der Waals surface area contributed by atoms with Crippen LogP contribution in [0.5, 0.6) is 11.5 Å². The van der Waals surface area contributed by atoms with Gasteiger partial charge >= 0.3 is 0 Å². The highest BCUT2D eigenvalue weighted by Crippen LogP contribution is 2.34. The van der Waals surface area contributed by atoms with E-state index in [4.69, 9.17) is 50.2 Å². The van der Waals surface area contributed by atoms with Gasteiger partial charge in [-0.1, -0.05) is 34.8 Å². The maximum absolute atomic E-state index is 11.2.